The van der Waals surface area contributed by atoms with Crippen molar-refractivity contribution in [2.75, 3.05) is 6.54 Å². The van der Waals surface area contributed by atoms with Crippen LogP contribution in [0.15, 0.2) is 84.9 Å². The van der Waals surface area contributed by atoms with Gasteiger partial charge in [-0.2, -0.15) is 0 Å². The molecule has 3 aromatic carbocycles. The van der Waals surface area contributed by atoms with Crippen molar-refractivity contribution in [1.82, 2.24) is 4.90 Å². The molecule has 33 heavy (non-hydrogen) atoms. The van der Waals surface area contributed by atoms with E-state index in [4.69, 9.17) is 5.73 Å². The van der Waals surface area contributed by atoms with Crippen molar-refractivity contribution in [3.05, 3.63) is 102 Å². The number of carboxylic acid groups (broad SMARTS) is 1. The second-order valence-electron chi connectivity index (χ2n) is 8.05. The quantitative estimate of drug-likeness (QED) is 0.431. The van der Waals surface area contributed by atoms with Gasteiger partial charge in [-0.3, -0.25) is 4.79 Å². The number of rotatable bonds is 10. The maximum absolute atomic E-state index is 14.2. The molecule has 0 bridgehead atoms. The summed E-state index contributed by atoms with van der Waals surface area (Å²) in [6.45, 7) is 2.15. The van der Waals surface area contributed by atoms with Crippen LogP contribution in [0.3, 0.4) is 0 Å². The van der Waals surface area contributed by atoms with Gasteiger partial charge in [0.1, 0.15) is 11.8 Å². The van der Waals surface area contributed by atoms with Crippen molar-refractivity contribution in [3.63, 3.8) is 0 Å². The standard InChI is InChI=1S/C27H30N2O4/c1-19(20-14-16-23(30)17-15-20)29(24(27(32)33)13-8-18-28)26(31)25(21-9-4-2-5-10-21)22-11-6-3-7-12-22/h2-7,9-12,14-17,19,24-25,30H,8,13,18,28H2,1H3,(H,32,33)/t19-,24-/m1/s1. The minimum atomic E-state index is -1.07. The molecule has 6 heteroatoms. The third-order valence-corrected chi connectivity index (χ3v) is 5.86. The molecule has 0 fully saturated rings. The maximum atomic E-state index is 14.2. The van der Waals surface area contributed by atoms with E-state index in [-0.39, 0.29) is 18.1 Å². The fourth-order valence-electron chi connectivity index (χ4n) is 4.14. The zero-order valence-electron chi connectivity index (χ0n) is 18.7. The summed E-state index contributed by atoms with van der Waals surface area (Å²) in [6.07, 6.45) is 0.723. The number of carboxylic acids is 1. The smallest absolute Gasteiger partial charge is 0.326 e. The predicted molar refractivity (Wildman–Crippen MR) is 128 cm³/mol. The molecule has 0 unspecified atom stereocenters. The first kappa shape index (κ1) is 24.0. The van der Waals surface area contributed by atoms with E-state index in [9.17, 15) is 19.8 Å². The maximum Gasteiger partial charge on any atom is 0.326 e. The molecule has 3 aromatic rings. The van der Waals surface area contributed by atoms with Crippen LogP contribution >= 0.6 is 0 Å². The Labute approximate surface area is 194 Å². The summed E-state index contributed by atoms with van der Waals surface area (Å²) >= 11 is 0. The third kappa shape index (κ3) is 5.79. The van der Waals surface area contributed by atoms with Crippen LogP contribution in [0.1, 0.15) is 48.4 Å². The summed E-state index contributed by atoms with van der Waals surface area (Å²) < 4.78 is 0. The molecule has 0 aliphatic heterocycles. The molecule has 0 aliphatic rings. The van der Waals surface area contributed by atoms with E-state index in [1.807, 2.05) is 67.6 Å². The Morgan fingerprint density at radius 1 is 0.848 bits per heavy atom. The molecule has 0 saturated heterocycles. The highest BCUT2D eigenvalue weighted by molar-refractivity contribution is 5.91. The number of phenolic OH excluding ortho intramolecular Hbond substituents is 1. The van der Waals surface area contributed by atoms with E-state index < -0.39 is 24.0 Å². The fraction of sp³-hybridized carbons (Fsp3) is 0.259. The van der Waals surface area contributed by atoms with Crippen LogP contribution in [0.5, 0.6) is 5.75 Å². The summed E-state index contributed by atoms with van der Waals surface area (Å²) in [5, 5.41) is 19.8. The molecule has 0 heterocycles. The fourth-order valence-corrected chi connectivity index (χ4v) is 4.14. The Kier molecular flexibility index (Phi) is 8.22. The summed E-state index contributed by atoms with van der Waals surface area (Å²) in [6, 6.07) is 23.7. The summed E-state index contributed by atoms with van der Waals surface area (Å²) in [5.74, 6) is -1.92. The largest absolute Gasteiger partial charge is 0.508 e. The number of benzene rings is 3. The van der Waals surface area contributed by atoms with Crippen LogP contribution in [0, 0.1) is 0 Å². The Hall–Kier alpha value is -3.64. The number of hydrogen-bond donors (Lipinski definition) is 3. The van der Waals surface area contributed by atoms with Crippen LogP contribution in [-0.4, -0.2) is 39.6 Å². The zero-order chi connectivity index (χ0) is 23.8. The second-order valence-corrected chi connectivity index (χ2v) is 8.05. The molecule has 0 saturated carbocycles. The van der Waals surface area contributed by atoms with Crippen LogP contribution in [0.4, 0.5) is 0 Å². The van der Waals surface area contributed by atoms with E-state index in [0.717, 1.165) is 16.7 Å². The van der Waals surface area contributed by atoms with Crippen molar-refractivity contribution in [3.8, 4) is 5.75 Å². The van der Waals surface area contributed by atoms with Crippen LogP contribution in [-0.2, 0) is 9.59 Å². The molecule has 0 aliphatic carbocycles. The molecule has 0 radical (unpaired) electrons. The first-order valence-corrected chi connectivity index (χ1v) is 11.1. The van der Waals surface area contributed by atoms with Crippen LogP contribution in [0.25, 0.3) is 0 Å². The lowest BCUT2D eigenvalue weighted by Gasteiger charge is -2.37. The number of hydrogen-bond acceptors (Lipinski definition) is 4. The average molecular weight is 447 g/mol. The Balaban J connectivity index is 2.12. The molecule has 1 amide bonds. The van der Waals surface area contributed by atoms with Crippen molar-refractivity contribution in [1.29, 1.82) is 0 Å². The highest BCUT2D eigenvalue weighted by Gasteiger charge is 2.38. The van der Waals surface area contributed by atoms with Gasteiger partial charge >= 0.3 is 5.97 Å². The van der Waals surface area contributed by atoms with Gasteiger partial charge in [0.05, 0.1) is 12.0 Å². The number of amides is 1. The highest BCUT2D eigenvalue weighted by Crippen LogP contribution is 2.33. The molecule has 172 valence electrons. The van der Waals surface area contributed by atoms with Gasteiger partial charge in [-0.25, -0.2) is 4.79 Å². The van der Waals surface area contributed by atoms with Gasteiger partial charge in [0, 0.05) is 0 Å². The Morgan fingerprint density at radius 2 is 1.36 bits per heavy atom. The molecule has 2 atom stereocenters. The lowest BCUT2D eigenvalue weighted by atomic mass is 9.88. The number of nitrogens with two attached hydrogens (primary N) is 1. The minimum Gasteiger partial charge on any atom is -0.508 e. The first-order valence-electron chi connectivity index (χ1n) is 11.1. The number of nitrogens with zero attached hydrogens (tertiary/aromatic N) is 1. The second kappa shape index (κ2) is 11.3. The van der Waals surface area contributed by atoms with Gasteiger partial charge in [-0.15, -0.1) is 0 Å². The van der Waals surface area contributed by atoms with Crippen LogP contribution < -0.4 is 5.73 Å². The molecule has 0 aromatic heterocycles. The van der Waals surface area contributed by atoms with Gasteiger partial charge in [-0.1, -0.05) is 72.8 Å². The van der Waals surface area contributed by atoms with Gasteiger partial charge < -0.3 is 20.8 Å². The number of carbonyl (C=O) groups is 2. The van der Waals surface area contributed by atoms with E-state index in [1.54, 1.807) is 12.1 Å². The lowest BCUT2D eigenvalue weighted by Crippen LogP contribution is -2.48. The van der Waals surface area contributed by atoms with Crippen molar-refractivity contribution >= 4 is 11.9 Å². The molecule has 0 spiro atoms. The Morgan fingerprint density at radius 3 is 1.82 bits per heavy atom. The van der Waals surface area contributed by atoms with Crippen molar-refractivity contribution < 1.29 is 19.8 Å². The van der Waals surface area contributed by atoms with E-state index in [2.05, 4.69) is 0 Å². The normalized spacial score (nSPS) is 12.8. The minimum absolute atomic E-state index is 0.105. The van der Waals surface area contributed by atoms with E-state index in [0.29, 0.717) is 13.0 Å². The van der Waals surface area contributed by atoms with Crippen LogP contribution in [0.2, 0.25) is 0 Å². The lowest BCUT2D eigenvalue weighted by molar-refractivity contribution is -0.153. The van der Waals surface area contributed by atoms with Crippen molar-refractivity contribution in [2.45, 2.75) is 37.8 Å². The third-order valence-electron chi connectivity index (χ3n) is 5.86. The molecule has 4 N–H and O–H groups in total. The molecule has 3 rings (SSSR count). The number of carbonyl (C=O) groups excluding carboxylic acids is 1. The summed E-state index contributed by atoms with van der Waals surface area (Å²) in [7, 11) is 0. The predicted octanol–water partition coefficient (Wildman–Crippen LogP) is 4.31. The Bertz CT molecular complexity index is 999. The molecular formula is C27H30N2O4. The van der Waals surface area contributed by atoms with Gasteiger partial charge in [0.15, 0.2) is 0 Å². The molecular weight excluding hydrogens is 416 g/mol. The topological polar surface area (TPSA) is 104 Å². The molecule has 6 nitrogen and oxygen atoms in total. The summed E-state index contributed by atoms with van der Waals surface area (Å²) in [4.78, 5) is 28.0. The number of aromatic hydroxyl groups is 1. The summed E-state index contributed by atoms with van der Waals surface area (Å²) in [5.41, 5.74) is 7.99. The van der Waals surface area contributed by atoms with Gasteiger partial charge in [0.25, 0.3) is 0 Å². The zero-order valence-corrected chi connectivity index (χ0v) is 18.7. The van der Waals surface area contributed by atoms with Gasteiger partial charge in [-0.05, 0) is 55.1 Å². The highest BCUT2D eigenvalue weighted by atomic mass is 16.4. The average Bonchev–Trinajstić information content (AvgIpc) is 2.83. The van der Waals surface area contributed by atoms with Crippen molar-refractivity contribution in [2.24, 2.45) is 5.73 Å². The van der Waals surface area contributed by atoms with E-state index >= 15 is 0 Å². The monoisotopic (exact) mass is 446 g/mol. The first-order chi connectivity index (χ1) is 15.9. The number of phenols is 1. The number of aliphatic carboxylic acids is 1. The van der Waals surface area contributed by atoms with E-state index in [1.165, 1.54) is 17.0 Å². The van der Waals surface area contributed by atoms with Gasteiger partial charge in [0.2, 0.25) is 5.91 Å². The SMILES string of the molecule is C[C@H](c1ccc(O)cc1)N(C(=O)C(c1ccccc1)c1ccccc1)[C@H](CCCN)C(=O)O.